The van der Waals surface area contributed by atoms with Crippen LogP contribution in [0.2, 0.25) is 0 Å². The zero-order valence-electron chi connectivity index (χ0n) is 15.4. The molecular weight excluding hydrogens is 334 g/mol. The Hall–Kier alpha value is -2.01. The quantitative estimate of drug-likeness (QED) is 0.413. The number of benzene rings is 1. The van der Waals surface area contributed by atoms with E-state index in [0.29, 0.717) is 6.61 Å². The molecule has 0 saturated carbocycles. The zero-order valence-corrected chi connectivity index (χ0v) is 16.2. The van der Waals surface area contributed by atoms with Crippen LogP contribution < -0.4 is 9.47 Å². The van der Waals surface area contributed by atoms with E-state index in [-0.39, 0.29) is 12.2 Å². The van der Waals surface area contributed by atoms with Gasteiger partial charge in [-0.2, -0.15) is 0 Å². The van der Waals surface area contributed by atoms with Crippen molar-refractivity contribution < 1.29 is 14.3 Å². The van der Waals surface area contributed by atoms with Gasteiger partial charge in [0.25, 0.3) is 0 Å². The van der Waals surface area contributed by atoms with Gasteiger partial charge in [-0.15, -0.1) is 11.3 Å². The van der Waals surface area contributed by atoms with Crippen LogP contribution >= 0.6 is 11.3 Å². The third kappa shape index (κ3) is 6.42. The fourth-order valence-corrected chi connectivity index (χ4v) is 2.83. The minimum Gasteiger partial charge on any atom is -0.491 e. The van der Waals surface area contributed by atoms with Gasteiger partial charge in [-0.3, -0.25) is 0 Å². The van der Waals surface area contributed by atoms with Crippen LogP contribution in [-0.4, -0.2) is 24.5 Å². The zero-order chi connectivity index (χ0) is 18.1. The molecule has 25 heavy (non-hydrogen) atoms. The lowest BCUT2D eigenvalue weighted by Gasteiger charge is -2.14. The Morgan fingerprint density at radius 1 is 1.04 bits per heavy atom. The van der Waals surface area contributed by atoms with E-state index in [9.17, 15) is 0 Å². The van der Waals surface area contributed by atoms with E-state index in [4.69, 9.17) is 14.3 Å². The fraction of sp³-hybridized carbons (Fsp3) is 0.450. The highest BCUT2D eigenvalue weighted by Gasteiger charge is 2.08. The highest BCUT2D eigenvalue weighted by Crippen LogP contribution is 2.19. The summed E-state index contributed by atoms with van der Waals surface area (Å²) < 4.78 is 11.5. The molecule has 136 valence electrons. The first kappa shape index (κ1) is 19.3. The molecule has 0 aliphatic carbocycles. The standard InChI is InChI=1S/C20H27NO3S/c1-5-15(3)23-18-11-9-17(10-12-18)22-14-16(4)24-21-19(6-2)20-8-7-13-25-20/h7-13,15-16H,5-6,14H2,1-4H3/b21-19+. The lowest BCUT2D eigenvalue weighted by atomic mass is 10.2. The number of hydrogen-bond acceptors (Lipinski definition) is 5. The largest absolute Gasteiger partial charge is 0.491 e. The molecule has 2 aromatic rings. The van der Waals surface area contributed by atoms with Gasteiger partial charge in [-0.05, 0) is 62.4 Å². The highest BCUT2D eigenvalue weighted by molar-refractivity contribution is 7.12. The normalized spacial score (nSPS) is 14.0. The summed E-state index contributed by atoms with van der Waals surface area (Å²) in [5, 5.41) is 6.32. The minimum atomic E-state index is -0.127. The average Bonchev–Trinajstić information content (AvgIpc) is 3.16. The molecule has 0 amide bonds. The maximum Gasteiger partial charge on any atom is 0.158 e. The van der Waals surface area contributed by atoms with E-state index in [0.717, 1.165) is 34.9 Å². The predicted molar refractivity (Wildman–Crippen MR) is 104 cm³/mol. The maximum atomic E-state index is 5.76. The number of oxime groups is 1. The van der Waals surface area contributed by atoms with Crippen LogP contribution in [0.3, 0.4) is 0 Å². The Morgan fingerprint density at radius 3 is 2.36 bits per heavy atom. The molecule has 1 heterocycles. The molecule has 2 unspecified atom stereocenters. The molecule has 0 bridgehead atoms. The van der Waals surface area contributed by atoms with Crippen molar-refractivity contribution in [1.82, 2.24) is 0 Å². The van der Waals surface area contributed by atoms with Gasteiger partial charge in [0.15, 0.2) is 6.10 Å². The molecule has 0 N–H and O–H groups in total. The summed E-state index contributed by atoms with van der Waals surface area (Å²) in [4.78, 5) is 6.72. The summed E-state index contributed by atoms with van der Waals surface area (Å²) in [6.45, 7) is 8.63. The third-order valence-corrected chi connectivity index (χ3v) is 4.62. The second kappa shape index (κ2) is 10.1. The summed E-state index contributed by atoms with van der Waals surface area (Å²) in [5.41, 5.74) is 0.966. The van der Waals surface area contributed by atoms with Gasteiger partial charge in [0.1, 0.15) is 18.1 Å². The van der Waals surface area contributed by atoms with E-state index < -0.39 is 0 Å². The molecule has 2 atom stereocenters. The van der Waals surface area contributed by atoms with E-state index in [1.54, 1.807) is 11.3 Å². The SMILES string of the molecule is CC/C(=N\OC(C)COc1ccc(OC(C)CC)cc1)c1cccs1. The molecule has 2 rings (SSSR count). The minimum absolute atomic E-state index is 0.127. The summed E-state index contributed by atoms with van der Waals surface area (Å²) >= 11 is 1.67. The lowest BCUT2D eigenvalue weighted by Crippen LogP contribution is -2.16. The molecule has 0 spiro atoms. The van der Waals surface area contributed by atoms with Crippen molar-refractivity contribution in [3.05, 3.63) is 46.7 Å². The van der Waals surface area contributed by atoms with Crippen molar-refractivity contribution in [1.29, 1.82) is 0 Å². The molecule has 1 aromatic heterocycles. The van der Waals surface area contributed by atoms with Crippen LogP contribution in [0.25, 0.3) is 0 Å². The molecule has 5 heteroatoms. The topological polar surface area (TPSA) is 40.0 Å². The molecule has 0 radical (unpaired) electrons. The van der Waals surface area contributed by atoms with Gasteiger partial charge in [0, 0.05) is 0 Å². The summed E-state index contributed by atoms with van der Waals surface area (Å²) in [5.74, 6) is 1.66. The fourth-order valence-electron chi connectivity index (χ4n) is 2.05. The van der Waals surface area contributed by atoms with Crippen LogP contribution in [0.5, 0.6) is 11.5 Å². The van der Waals surface area contributed by atoms with Gasteiger partial charge >= 0.3 is 0 Å². The lowest BCUT2D eigenvalue weighted by molar-refractivity contribution is 0.0364. The number of thiophene rings is 1. The van der Waals surface area contributed by atoms with Gasteiger partial charge < -0.3 is 14.3 Å². The first-order chi connectivity index (χ1) is 12.1. The van der Waals surface area contributed by atoms with Crippen molar-refractivity contribution in [3.8, 4) is 11.5 Å². The smallest absolute Gasteiger partial charge is 0.158 e. The van der Waals surface area contributed by atoms with Crippen LogP contribution in [-0.2, 0) is 4.84 Å². The summed E-state index contributed by atoms with van der Waals surface area (Å²) in [6.07, 6.45) is 1.91. The Bertz CT molecular complexity index is 637. The Balaban J connectivity index is 1.80. The molecule has 0 aliphatic rings. The van der Waals surface area contributed by atoms with Gasteiger partial charge in [0.05, 0.1) is 16.7 Å². The second-order valence-corrected chi connectivity index (χ2v) is 6.85. The predicted octanol–water partition coefficient (Wildman–Crippen LogP) is 5.52. The van der Waals surface area contributed by atoms with Gasteiger partial charge in [-0.1, -0.05) is 25.1 Å². The van der Waals surface area contributed by atoms with Crippen LogP contribution in [0.15, 0.2) is 46.9 Å². The first-order valence-electron chi connectivity index (χ1n) is 8.78. The first-order valence-corrected chi connectivity index (χ1v) is 9.66. The van der Waals surface area contributed by atoms with Crippen molar-refractivity contribution in [2.45, 2.75) is 52.7 Å². The van der Waals surface area contributed by atoms with Crippen LogP contribution in [0, 0.1) is 0 Å². The van der Waals surface area contributed by atoms with E-state index in [2.05, 4.69) is 32.0 Å². The molecule has 0 saturated heterocycles. The highest BCUT2D eigenvalue weighted by atomic mass is 32.1. The van der Waals surface area contributed by atoms with Crippen molar-refractivity contribution in [3.63, 3.8) is 0 Å². The Kier molecular flexibility index (Phi) is 7.79. The number of hydrogen-bond donors (Lipinski definition) is 0. The van der Waals surface area contributed by atoms with E-state index in [1.165, 1.54) is 0 Å². The second-order valence-electron chi connectivity index (χ2n) is 5.90. The average molecular weight is 362 g/mol. The van der Waals surface area contributed by atoms with E-state index in [1.807, 2.05) is 42.6 Å². The van der Waals surface area contributed by atoms with Gasteiger partial charge in [-0.25, -0.2) is 0 Å². The Labute approximate surface area is 154 Å². The molecular formula is C20H27NO3S. The molecule has 0 aliphatic heterocycles. The molecule has 0 fully saturated rings. The van der Waals surface area contributed by atoms with Crippen molar-refractivity contribution >= 4 is 17.0 Å². The summed E-state index contributed by atoms with van der Waals surface area (Å²) in [7, 11) is 0. The van der Waals surface area contributed by atoms with E-state index >= 15 is 0 Å². The molecule has 4 nitrogen and oxygen atoms in total. The molecule has 1 aromatic carbocycles. The van der Waals surface area contributed by atoms with Gasteiger partial charge in [0.2, 0.25) is 0 Å². The number of ether oxygens (including phenoxy) is 2. The third-order valence-electron chi connectivity index (χ3n) is 3.70. The van der Waals surface area contributed by atoms with Crippen molar-refractivity contribution in [2.75, 3.05) is 6.61 Å². The number of rotatable bonds is 10. The Morgan fingerprint density at radius 2 is 1.76 bits per heavy atom. The monoisotopic (exact) mass is 361 g/mol. The maximum absolute atomic E-state index is 5.76. The summed E-state index contributed by atoms with van der Waals surface area (Å²) in [6, 6.07) is 11.8. The van der Waals surface area contributed by atoms with Crippen molar-refractivity contribution in [2.24, 2.45) is 5.16 Å². The number of nitrogens with zero attached hydrogens (tertiary/aromatic N) is 1. The van der Waals surface area contributed by atoms with Crippen LogP contribution in [0.1, 0.15) is 45.4 Å². The van der Waals surface area contributed by atoms with Crippen LogP contribution in [0.4, 0.5) is 0 Å².